The minimum Gasteiger partial charge on any atom is -0.467 e. The summed E-state index contributed by atoms with van der Waals surface area (Å²) < 4.78 is 11.2. The third-order valence-electron chi connectivity index (χ3n) is 3.19. The molecule has 0 aromatic carbocycles. The number of aromatic nitrogens is 2. The first-order valence-electron chi connectivity index (χ1n) is 6.07. The Morgan fingerprint density at radius 2 is 2.33 bits per heavy atom. The Hall–Kier alpha value is -2.58. The van der Waals surface area contributed by atoms with E-state index in [1.165, 1.54) is 20.2 Å². The van der Waals surface area contributed by atoms with Gasteiger partial charge in [-0.1, -0.05) is 5.11 Å². The third-order valence-corrected chi connectivity index (χ3v) is 3.19. The fourth-order valence-corrected chi connectivity index (χ4v) is 2.13. The fourth-order valence-electron chi connectivity index (χ4n) is 2.13. The van der Waals surface area contributed by atoms with Crippen LogP contribution in [0.4, 0.5) is 0 Å². The minimum atomic E-state index is -1.09. The molecule has 2 heterocycles. The molecular formula is C11H13N5O5. The molecule has 0 amide bonds. The second-order valence-corrected chi connectivity index (χ2v) is 4.52. The molecule has 0 aliphatic carbocycles. The van der Waals surface area contributed by atoms with Crippen LogP contribution in [0.1, 0.15) is 18.2 Å². The molecule has 112 valence electrons. The molecule has 10 heteroatoms. The van der Waals surface area contributed by atoms with Crippen LogP contribution in [0.3, 0.4) is 0 Å². The lowest BCUT2D eigenvalue weighted by Crippen LogP contribution is -2.34. The molecular weight excluding hydrogens is 282 g/mol. The zero-order chi connectivity index (χ0) is 15.6. The number of carbonyl (C=O) groups excluding carboxylic acids is 1. The first-order chi connectivity index (χ1) is 9.97. The Balaban J connectivity index is 2.37. The zero-order valence-electron chi connectivity index (χ0n) is 11.3. The van der Waals surface area contributed by atoms with Crippen molar-refractivity contribution < 1.29 is 14.3 Å². The van der Waals surface area contributed by atoms with E-state index in [4.69, 9.17) is 10.3 Å². The number of nitrogens with zero attached hydrogens (tertiary/aromatic N) is 4. The van der Waals surface area contributed by atoms with E-state index in [0.717, 1.165) is 4.57 Å². The van der Waals surface area contributed by atoms with E-state index in [1.54, 1.807) is 0 Å². The molecule has 0 spiro atoms. The van der Waals surface area contributed by atoms with Crippen LogP contribution in [0.2, 0.25) is 0 Å². The van der Waals surface area contributed by atoms with Gasteiger partial charge in [-0.2, -0.15) is 0 Å². The van der Waals surface area contributed by atoms with Gasteiger partial charge in [-0.25, -0.2) is 9.59 Å². The van der Waals surface area contributed by atoms with Crippen molar-refractivity contribution in [1.82, 2.24) is 9.55 Å². The predicted molar refractivity (Wildman–Crippen MR) is 69.5 cm³/mol. The van der Waals surface area contributed by atoms with E-state index in [2.05, 4.69) is 19.7 Å². The predicted octanol–water partition coefficient (Wildman–Crippen LogP) is -0.0156. The van der Waals surface area contributed by atoms with Crippen LogP contribution in [-0.4, -0.2) is 34.8 Å². The van der Waals surface area contributed by atoms with Gasteiger partial charge in [-0.15, -0.1) is 0 Å². The van der Waals surface area contributed by atoms with Crippen LogP contribution in [0.25, 0.3) is 10.4 Å². The van der Waals surface area contributed by atoms with E-state index < -0.39 is 35.6 Å². The van der Waals surface area contributed by atoms with Gasteiger partial charge in [-0.05, 0) is 12.5 Å². The first-order valence-corrected chi connectivity index (χ1v) is 6.07. The molecule has 1 aliphatic heterocycles. The summed E-state index contributed by atoms with van der Waals surface area (Å²) in [6.07, 6.45) is -0.462. The van der Waals surface area contributed by atoms with Crippen molar-refractivity contribution in [3.05, 3.63) is 43.0 Å². The Labute approximate surface area is 117 Å². The number of carbonyl (C=O) groups is 1. The summed E-state index contributed by atoms with van der Waals surface area (Å²) in [5.41, 5.74) is 7.68. The van der Waals surface area contributed by atoms with E-state index in [-0.39, 0.29) is 6.42 Å². The number of hydrogen-bond acceptors (Lipinski definition) is 6. The topological polar surface area (TPSA) is 139 Å². The van der Waals surface area contributed by atoms with E-state index in [1.807, 2.05) is 0 Å². The lowest BCUT2D eigenvalue weighted by molar-refractivity contribution is -0.155. The maximum Gasteiger partial charge on any atom is 0.335 e. The summed E-state index contributed by atoms with van der Waals surface area (Å²) >= 11 is 0. The molecule has 0 saturated carbocycles. The van der Waals surface area contributed by atoms with Crippen molar-refractivity contribution in [2.45, 2.75) is 31.7 Å². The highest BCUT2D eigenvalue weighted by atomic mass is 16.6. The van der Waals surface area contributed by atoms with Gasteiger partial charge in [0.1, 0.15) is 6.23 Å². The number of ether oxygens (including phenoxy) is 2. The molecule has 10 nitrogen and oxygen atoms in total. The fraction of sp³-hybridized carbons (Fsp3) is 0.545. The molecule has 1 saturated heterocycles. The Bertz CT molecular complexity index is 716. The highest BCUT2D eigenvalue weighted by molar-refractivity contribution is 5.75. The van der Waals surface area contributed by atoms with Gasteiger partial charge in [0.2, 0.25) is 0 Å². The number of hydrogen-bond donors (Lipinski definition) is 1. The average molecular weight is 295 g/mol. The molecule has 3 atom stereocenters. The number of nitrogens with one attached hydrogen (secondary N) is 1. The van der Waals surface area contributed by atoms with Gasteiger partial charge >= 0.3 is 11.7 Å². The summed E-state index contributed by atoms with van der Waals surface area (Å²) in [5.74, 6) is -0.691. The zero-order valence-corrected chi connectivity index (χ0v) is 11.3. The number of rotatable bonds is 3. The monoisotopic (exact) mass is 295 g/mol. The van der Waals surface area contributed by atoms with Crippen LogP contribution in [0.5, 0.6) is 0 Å². The van der Waals surface area contributed by atoms with E-state index >= 15 is 0 Å². The summed E-state index contributed by atoms with van der Waals surface area (Å²) in [4.78, 5) is 39.5. The van der Waals surface area contributed by atoms with Crippen LogP contribution in [0.15, 0.2) is 20.9 Å². The number of H-pyrrole nitrogens is 1. The second-order valence-electron chi connectivity index (χ2n) is 4.52. The van der Waals surface area contributed by atoms with Gasteiger partial charge in [0.15, 0.2) is 6.10 Å². The van der Waals surface area contributed by atoms with Gasteiger partial charge in [0, 0.05) is 23.1 Å². The normalized spacial score (nSPS) is 24.4. The van der Waals surface area contributed by atoms with E-state index in [9.17, 15) is 14.4 Å². The van der Waals surface area contributed by atoms with Crippen LogP contribution < -0.4 is 11.2 Å². The van der Waals surface area contributed by atoms with Crippen molar-refractivity contribution >= 4 is 5.97 Å². The summed E-state index contributed by atoms with van der Waals surface area (Å²) in [7, 11) is 1.18. The highest BCUT2D eigenvalue weighted by Crippen LogP contribution is 2.30. The van der Waals surface area contributed by atoms with Crippen molar-refractivity contribution in [3.63, 3.8) is 0 Å². The lowest BCUT2D eigenvalue weighted by atomic mass is 10.1. The molecule has 1 N–H and O–H groups in total. The number of aryl methyl sites for hydroxylation is 1. The van der Waals surface area contributed by atoms with Gasteiger partial charge in [-0.3, -0.25) is 14.3 Å². The molecule has 0 bridgehead atoms. The average Bonchev–Trinajstić information content (AvgIpc) is 2.86. The first kappa shape index (κ1) is 14.8. The van der Waals surface area contributed by atoms with Crippen LogP contribution in [0, 0.1) is 6.92 Å². The Kier molecular flexibility index (Phi) is 4.10. The number of methoxy groups -OCH3 is 1. The Morgan fingerprint density at radius 1 is 1.62 bits per heavy atom. The van der Waals surface area contributed by atoms with Gasteiger partial charge in [0.05, 0.1) is 13.2 Å². The van der Waals surface area contributed by atoms with Crippen molar-refractivity contribution in [2.75, 3.05) is 7.11 Å². The smallest absolute Gasteiger partial charge is 0.335 e. The summed E-state index contributed by atoms with van der Waals surface area (Å²) in [6, 6.07) is -0.786. The molecule has 1 aromatic rings. The SMILES string of the molecule is COC(=O)[C@H]1O[C@@H](n2cc(C)c(=O)[nH]c2=O)C[C@@H]1N=[N+]=[N-]. The molecule has 0 radical (unpaired) electrons. The lowest BCUT2D eigenvalue weighted by Gasteiger charge is -2.15. The van der Waals surface area contributed by atoms with Gasteiger partial charge in [0.25, 0.3) is 5.56 Å². The van der Waals surface area contributed by atoms with Gasteiger partial charge < -0.3 is 9.47 Å². The minimum absolute atomic E-state index is 0.120. The molecule has 2 rings (SSSR count). The standard InChI is InChI=1S/C11H13N5O5/c1-5-4-16(11(19)13-9(5)17)7-3-6(14-15-12)8(21-7)10(18)20-2/h4,6-8H,3H2,1-2H3,(H,13,17,19)/t6-,7+,8-/m0/s1. The van der Waals surface area contributed by atoms with Crippen LogP contribution in [-0.2, 0) is 14.3 Å². The Morgan fingerprint density at radius 3 is 2.95 bits per heavy atom. The van der Waals surface area contributed by atoms with Crippen molar-refractivity contribution in [2.24, 2.45) is 5.11 Å². The number of esters is 1. The summed E-state index contributed by atoms with van der Waals surface area (Å²) in [5, 5.41) is 3.49. The van der Waals surface area contributed by atoms with Crippen molar-refractivity contribution in [1.29, 1.82) is 0 Å². The molecule has 21 heavy (non-hydrogen) atoms. The molecule has 1 aliphatic rings. The maximum absolute atomic E-state index is 11.8. The van der Waals surface area contributed by atoms with E-state index in [0.29, 0.717) is 5.56 Å². The highest BCUT2D eigenvalue weighted by Gasteiger charge is 2.41. The maximum atomic E-state index is 11.8. The summed E-state index contributed by atoms with van der Waals surface area (Å²) in [6.45, 7) is 1.53. The van der Waals surface area contributed by atoms with Crippen LogP contribution >= 0.6 is 0 Å². The largest absolute Gasteiger partial charge is 0.467 e. The third kappa shape index (κ3) is 2.81. The second kappa shape index (κ2) is 5.81. The molecule has 0 unspecified atom stereocenters. The number of azide groups is 1. The molecule has 1 fully saturated rings. The molecule has 1 aromatic heterocycles. The quantitative estimate of drug-likeness (QED) is 0.361. The number of aromatic amines is 1. The van der Waals surface area contributed by atoms with Crippen molar-refractivity contribution in [3.8, 4) is 0 Å².